The average molecular weight is 385 g/mol. The van der Waals surface area contributed by atoms with Gasteiger partial charge >= 0.3 is 6.18 Å². The lowest BCUT2D eigenvalue weighted by atomic mass is 9.84. The van der Waals surface area contributed by atoms with Gasteiger partial charge in [-0.2, -0.15) is 13.2 Å². The van der Waals surface area contributed by atoms with E-state index >= 15 is 0 Å². The van der Waals surface area contributed by atoms with Gasteiger partial charge in [0, 0.05) is 21.1 Å². The summed E-state index contributed by atoms with van der Waals surface area (Å²) < 4.78 is 39.6. The normalized spacial score (nSPS) is 22.9. The first-order valence-electron chi connectivity index (χ1n) is 6.61. The van der Waals surface area contributed by atoms with Crippen LogP contribution in [-0.4, -0.2) is 18.1 Å². The highest BCUT2D eigenvalue weighted by atomic mass is 79.9. The lowest BCUT2D eigenvalue weighted by molar-refractivity contribution is -0.187. The lowest BCUT2D eigenvalue weighted by Gasteiger charge is -2.33. The maximum Gasteiger partial charge on any atom is 0.393 e. The van der Waals surface area contributed by atoms with E-state index in [0.717, 1.165) is 0 Å². The van der Waals surface area contributed by atoms with Crippen LogP contribution in [0.2, 0.25) is 5.02 Å². The number of alkyl halides is 3. The van der Waals surface area contributed by atoms with Gasteiger partial charge in [0.25, 0.3) is 5.91 Å². The minimum atomic E-state index is -4.28. The van der Waals surface area contributed by atoms with Gasteiger partial charge < -0.3 is 5.32 Å². The Bertz CT molecular complexity index is 515. The van der Waals surface area contributed by atoms with Crippen molar-refractivity contribution < 1.29 is 18.0 Å². The van der Waals surface area contributed by atoms with Crippen molar-refractivity contribution in [1.82, 2.24) is 5.32 Å². The predicted octanol–water partition coefficient (Wildman–Crippen LogP) is 4.95. The molecule has 2 rings (SSSR count). The highest BCUT2D eigenvalue weighted by molar-refractivity contribution is 9.10. The number of rotatable bonds is 2. The van der Waals surface area contributed by atoms with Crippen LogP contribution in [0.3, 0.4) is 0 Å². The van der Waals surface area contributed by atoms with Gasteiger partial charge in [0.15, 0.2) is 0 Å². The number of nitrogens with one attached hydrogen (secondary N) is 1. The van der Waals surface area contributed by atoms with Crippen LogP contribution in [0.5, 0.6) is 0 Å². The van der Waals surface area contributed by atoms with Crippen LogP contribution in [0.15, 0.2) is 22.7 Å². The quantitative estimate of drug-likeness (QED) is 0.768. The van der Waals surface area contributed by atoms with Crippen LogP contribution in [0.4, 0.5) is 13.2 Å². The molecule has 2 unspecified atom stereocenters. The number of hydrogen-bond donors (Lipinski definition) is 1. The number of amides is 1. The van der Waals surface area contributed by atoms with E-state index in [9.17, 15) is 18.0 Å². The molecule has 1 fully saturated rings. The maximum atomic E-state index is 13.0. The van der Waals surface area contributed by atoms with E-state index in [2.05, 4.69) is 21.2 Å². The summed E-state index contributed by atoms with van der Waals surface area (Å²) in [5.74, 6) is -2.00. The van der Waals surface area contributed by atoms with E-state index in [1.807, 2.05) is 0 Å². The number of carbonyl (C=O) groups excluding carboxylic acids is 1. The van der Waals surface area contributed by atoms with E-state index in [4.69, 9.17) is 11.6 Å². The number of halogens is 5. The number of hydrogen-bond acceptors (Lipinski definition) is 1. The SMILES string of the molecule is O=C(NC1CCCCC1C(F)(F)F)c1cc(Cl)cc(Br)c1. The molecule has 0 heterocycles. The minimum absolute atomic E-state index is 0.0632. The van der Waals surface area contributed by atoms with Gasteiger partial charge in [-0.25, -0.2) is 0 Å². The molecule has 1 aromatic carbocycles. The zero-order valence-corrected chi connectivity index (χ0v) is 13.4. The molecular weight excluding hydrogens is 371 g/mol. The Morgan fingerprint density at radius 1 is 1.24 bits per heavy atom. The first-order chi connectivity index (χ1) is 9.77. The minimum Gasteiger partial charge on any atom is -0.349 e. The van der Waals surface area contributed by atoms with Crippen molar-refractivity contribution in [3.63, 3.8) is 0 Å². The Kier molecular flexibility index (Phi) is 5.20. The van der Waals surface area contributed by atoms with Gasteiger partial charge in [-0.1, -0.05) is 40.4 Å². The summed E-state index contributed by atoms with van der Waals surface area (Å²) in [6.45, 7) is 0. The van der Waals surface area contributed by atoms with Crippen LogP contribution in [0.1, 0.15) is 36.0 Å². The van der Waals surface area contributed by atoms with Crippen molar-refractivity contribution in [2.45, 2.75) is 37.9 Å². The Hall–Kier alpha value is -0.750. The Morgan fingerprint density at radius 2 is 1.90 bits per heavy atom. The molecule has 116 valence electrons. The van der Waals surface area contributed by atoms with Crippen molar-refractivity contribution in [2.75, 3.05) is 0 Å². The topological polar surface area (TPSA) is 29.1 Å². The molecule has 1 aliphatic carbocycles. The molecular formula is C14H14BrClF3NO. The second-order valence-corrected chi connectivity index (χ2v) is 6.52. The smallest absolute Gasteiger partial charge is 0.349 e. The molecule has 0 bridgehead atoms. The Morgan fingerprint density at radius 3 is 2.52 bits per heavy atom. The molecule has 0 radical (unpaired) electrons. The summed E-state index contributed by atoms with van der Waals surface area (Å²) in [5.41, 5.74) is 0.251. The van der Waals surface area contributed by atoms with E-state index < -0.39 is 24.0 Å². The fourth-order valence-corrected chi connectivity index (χ4v) is 3.49. The number of benzene rings is 1. The molecule has 1 aliphatic rings. The van der Waals surface area contributed by atoms with Crippen molar-refractivity contribution in [3.8, 4) is 0 Å². The summed E-state index contributed by atoms with van der Waals surface area (Å²) in [6, 6.07) is 3.71. The second-order valence-electron chi connectivity index (χ2n) is 5.17. The van der Waals surface area contributed by atoms with Crippen molar-refractivity contribution in [1.29, 1.82) is 0 Å². The van der Waals surface area contributed by atoms with Crippen LogP contribution in [-0.2, 0) is 0 Å². The van der Waals surface area contributed by atoms with E-state index in [1.54, 1.807) is 6.07 Å². The fourth-order valence-electron chi connectivity index (χ4n) is 2.63. The first-order valence-corrected chi connectivity index (χ1v) is 7.78. The second kappa shape index (κ2) is 6.57. The molecule has 2 nitrogen and oxygen atoms in total. The molecule has 2 atom stereocenters. The molecule has 1 N–H and O–H groups in total. The third-order valence-corrected chi connectivity index (χ3v) is 4.30. The molecule has 0 saturated heterocycles. The van der Waals surface area contributed by atoms with Crippen LogP contribution >= 0.6 is 27.5 Å². The molecule has 0 spiro atoms. The van der Waals surface area contributed by atoms with Crippen LogP contribution in [0.25, 0.3) is 0 Å². The van der Waals surface area contributed by atoms with Crippen LogP contribution < -0.4 is 5.32 Å². The highest BCUT2D eigenvalue weighted by Crippen LogP contribution is 2.37. The molecule has 0 aromatic heterocycles. The van der Waals surface area contributed by atoms with Crippen molar-refractivity contribution >= 4 is 33.4 Å². The monoisotopic (exact) mass is 383 g/mol. The first kappa shape index (κ1) is 16.6. The molecule has 0 aliphatic heterocycles. The standard InChI is InChI=1S/C14H14BrClF3NO/c15-9-5-8(6-10(16)7-9)13(21)20-12-4-2-1-3-11(12)14(17,18)19/h5-7,11-12H,1-4H2,(H,20,21). The summed E-state index contributed by atoms with van der Waals surface area (Å²) in [5, 5.41) is 2.86. The molecule has 1 aromatic rings. The van der Waals surface area contributed by atoms with Gasteiger partial charge in [0.1, 0.15) is 0 Å². The van der Waals surface area contributed by atoms with Crippen LogP contribution in [0, 0.1) is 5.92 Å². The third kappa shape index (κ3) is 4.36. The average Bonchev–Trinajstić information content (AvgIpc) is 2.37. The van der Waals surface area contributed by atoms with Gasteiger partial charge in [0.2, 0.25) is 0 Å². The van der Waals surface area contributed by atoms with Crippen molar-refractivity contribution in [2.24, 2.45) is 5.92 Å². The maximum absolute atomic E-state index is 13.0. The largest absolute Gasteiger partial charge is 0.393 e. The predicted molar refractivity (Wildman–Crippen MR) is 78.4 cm³/mol. The van der Waals surface area contributed by atoms with Gasteiger partial charge in [-0.05, 0) is 31.0 Å². The Labute approximate surface area is 134 Å². The lowest BCUT2D eigenvalue weighted by Crippen LogP contribution is -2.47. The van der Waals surface area contributed by atoms with Gasteiger partial charge in [-0.15, -0.1) is 0 Å². The zero-order chi connectivity index (χ0) is 15.6. The third-order valence-electron chi connectivity index (χ3n) is 3.63. The van der Waals surface area contributed by atoms with E-state index in [0.29, 0.717) is 28.8 Å². The Balaban J connectivity index is 2.13. The molecule has 1 amide bonds. The van der Waals surface area contributed by atoms with Gasteiger partial charge in [0.05, 0.1) is 5.92 Å². The van der Waals surface area contributed by atoms with E-state index in [-0.39, 0.29) is 12.0 Å². The highest BCUT2D eigenvalue weighted by Gasteiger charge is 2.45. The summed E-state index contributed by atoms with van der Waals surface area (Å²) in [6.07, 6.45) is -2.64. The summed E-state index contributed by atoms with van der Waals surface area (Å²) >= 11 is 9.05. The number of carbonyl (C=O) groups is 1. The molecule has 7 heteroatoms. The van der Waals surface area contributed by atoms with Gasteiger partial charge in [-0.3, -0.25) is 4.79 Å². The molecule has 21 heavy (non-hydrogen) atoms. The fraction of sp³-hybridized carbons (Fsp3) is 0.500. The van der Waals surface area contributed by atoms with E-state index in [1.165, 1.54) is 12.1 Å². The van der Waals surface area contributed by atoms with Crippen molar-refractivity contribution in [3.05, 3.63) is 33.3 Å². The molecule has 1 saturated carbocycles. The summed E-state index contributed by atoms with van der Waals surface area (Å²) in [4.78, 5) is 12.1. The summed E-state index contributed by atoms with van der Waals surface area (Å²) in [7, 11) is 0. The zero-order valence-electron chi connectivity index (χ0n) is 11.0.